The van der Waals surface area contributed by atoms with Crippen LogP contribution in [-0.2, 0) is 16.6 Å². The SMILES string of the molecule is CC(=O)c1ccc(F)c(S(=O)(=O)NCc2ccccn2)c1. The molecule has 0 saturated carbocycles. The molecule has 1 N–H and O–H groups in total. The van der Waals surface area contributed by atoms with Gasteiger partial charge in [-0.15, -0.1) is 0 Å². The molecule has 1 aromatic carbocycles. The van der Waals surface area contributed by atoms with Crippen LogP contribution in [0.2, 0.25) is 0 Å². The van der Waals surface area contributed by atoms with E-state index in [0.29, 0.717) is 5.69 Å². The van der Waals surface area contributed by atoms with Crippen LogP contribution in [0.25, 0.3) is 0 Å². The largest absolute Gasteiger partial charge is 0.295 e. The van der Waals surface area contributed by atoms with Crippen molar-refractivity contribution in [2.45, 2.75) is 18.4 Å². The summed E-state index contributed by atoms with van der Waals surface area (Å²) in [7, 11) is -4.06. The number of nitrogens with zero attached hydrogens (tertiary/aromatic N) is 1. The van der Waals surface area contributed by atoms with Gasteiger partial charge < -0.3 is 0 Å². The molecule has 0 unspecified atom stereocenters. The van der Waals surface area contributed by atoms with E-state index in [0.717, 1.165) is 12.1 Å². The molecule has 0 amide bonds. The summed E-state index contributed by atoms with van der Waals surface area (Å²) in [6, 6.07) is 8.30. The van der Waals surface area contributed by atoms with Crippen LogP contribution < -0.4 is 4.72 Å². The van der Waals surface area contributed by atoms with Crippen LogP contribution in [-0.4, -0.2) is 19.2 Å². The number of nitrogens with one attached hydrogen (secondary N) is 1. The van der Waals surface area contributed by atoms with E-state index in [2.05, 4.69) is 9.71 Å². The molecule has 7 heteroatoms. The first kappa shape index (κ1) is 15.3. The highest BCUT2D eigenvalue weighted by atomic mass is 32.2. The molecule has 0 bridgehead atoms. The molecule has 0 saturated heterocycles. The summed E-state index contributed by atoms with van der Waals surface area (Å²) in [6.07, 6.45) is 1.53. The van der Waals surface area contributed by atoms with E-state index in [4.69, 9.17) is 0 Å². The number of hydrogen-bond donors (Lipinski definition) is 1. The Kier molecular flexibility index (Phi) is 4.44. The number of benzene rings is 1. The van der Waals surface area contributed by atoms with Crippen molar-refractivity contribution in [3.05, 3.63) is 59.7 Å². The van der Waals surface area contributed by atoms with Crippen LogP contribution in [0, 0.1) is 5.82 Å². The number of pyridine rings is 1. The lowest BCUT2D eigenvalue weighted by molar-refractivity contribution is 0.101. The summed E-state index contributed by atoms with van der Waals surface area (Å²) in [5, 5.41) is 0. The van der Waals surface area contributed by atoms with Crippen molar-refractivity contribution in [3.63, 3.8) is 0 Å². The van der Waals surface area contributed by atoms with E-state index >= 15 is 0 Å². The molecule has 1 heterocycles. The predicted octanol–water partition coefficient (Wildman–Crippen LogP) is 1.90. The number of sulfonamides is 1. The third-order valence-electron chi connectivity index (χ3n) is 2.80. The van der Waals surface area contributed by atoms with E-state index in [-0.39, 0.29) is 17.9 Å². The maximum absolute atomic E-state index is 13.7. The first-order valence-corrected chi connectivity index (χ1v) is 7.58. The Morgan fingerprint density at radius 3 is 2.67 bits per heavy atom. The number of carbonyl (C=O) groups is 1. The number of ketones is 1. The zero-order chi connectivity index (χ0) is 15.5. The number of Topliss-reactive ketones (excluding diaryl/α,β-unsaturated/α-hetero) is 1. The summed E-state index contributed by atoms with van der Waals surface area (Å²) in [6.45, 7) is 1.22. The van der Waals surface area contributed by atoms with Crippen LogP contribution in [0.3, 0.4) is 0 Å². The lowest BCUT2D eigenvalue weighted by Gasteiger charge is -2.08. The van der Waals surface area contributed by atoms with Crippen molar-refractivity contribution >= 4 is 15.8 Å². The normalized spacial score (nSPS) is 11.3. The minimum atomic E-state index is -4.06. The highest BCUT2D eigenvalue weighted by Gasteiger charge is 2.20. The van der Waals surface area contributed by atoms with Gasteiger partial charge in [-0.2, -0.15) is 0 Å². The van der Waals surface area contributed by atoms with E-state index in [1.165, 1.54) is 19.2 Å². The van der Waals surface area contributed by atoms with Gasteiger partial charge in [0.05, 0.1) is 12.2 Å². The van der Waals surface area contributed by atoms with Crippen LogP contribution in [0.15, 0.2) is 47.5 Å². The highest BCUT2D eigenvalue weighted by molar-refractivity contribution is 7.89. The maximum Gasteiger partial charge on any atom is 0.243 e. The standard InChI is InChI=1S/C14H13FN2O3S/c1-10(18)11-5-6-13(15)14(8-11)21(19,20)17-9-12-4-2-3-7-16-12/h2-8,17H,9H2,1H3. The Balaban J connectivity index is 2.27. The molecule has 2 aromatic rings. The molecule has 2 rings (SSSR count). The second-order valence-electron chi connectivity index (χ2n) is 4.35. The summed E-state index contributed by atoms with van der Waals surface area (Å²) in [5.41, 5.74) is 0.638. The average Bonchev–Trinajstić information content (AvgIpc) is 2.46. The Morgan fingerprint density at radius 2 is 2.05 bits per heavy atom. The molecule has 0 fully saturated rings. The Bertz CT molecular complexity index is 761. The quantitative estimate of drug-likeness (QED) is 0.856. The molecule has 1 aromatic heterocycles. The van der Waals surface area contributed by atoms with Crippen LogP contribution in [0.4, 0.5) is 4.39 Å². The maximum atomic E-state index is 13.7. The fraction of sp³-hybridized carbons (Fsp3) is 0.143. The second-order valence-corrected chi connectivity index (χ2v) is 6.08. The van der Waals surface area contributed by atoms with Gasteiger partial charge in [-0.1, -0.05) is 6.07 Å². The van der Waals surface area contributed by atoms with Crippen molar-refractivity contribution in [1.82, 2.24) is 9.71 Å². The molecule has 0 aliphatic heterocycles. The monoisotopic (exact) mass is 308 g/mol. The molecule has 0 aliphatic rings. The first-order valence-electron chi connectivity index (χ1n) is 6.10. The Labute approximate surface area is 121 Å². The first-order chi connectivity index (χ1) is 9.90. The zero-order valence-electron chi connectivity index (χ0n) is 11.2. The molecule has 110 valence electrons. The fourth-order valence-corrected chi connectivity index (χ4v) is 2.78. The van der Waals surface area contributed by atoms with Crippen LogP contribution >= 0.6 is 0 Å². The van der Waals surface area contributed by atoms with Gasteiger partial charge in [-0.3, -0.25) is 9.78 Å². The fourth-order valence-electron chi connectivity index (χ4n) is 1.68. The van der Waals surface area contributed by atoms with Gasteiger partial charge in [0.25, 0.3) is 0 Å². The van der Waals surface area contributed by atoms with Gasteiger partial charge in [-0.25, -0.2) is 17.5 Å². The number of halogens is 1. The van der Waals surface area contributed by atoms with Gasteiger partial charge in [0.1, 0.15) is 10.7 Å². The number of hydrogen-bond acceptors (Lipinski definition) is 4. The molecule has 0 atom stereocenters. The Hall–Kier alpha value is -2.12. The number of rotatable bonds is 5. The minimum Gasteiger partial charge on any atom is -0.295 e. The smallest absolute Gasteiger partial charge is 0.243 e. The average molecular weight is 308 g/mol. The third-order valence-corrected chi connectivity index (χ3v) is 4.21. The molecule has 5 nitrogen and oxygen atoms in total. The molecule has 0 spiro atoms. The second kappa shape index (κ2) is 6.11. The van der Waals surface area contributed by atoms with E-state index < -0.39 is 20.7 Å². The Morgan fingerprint density at radius 1 is 1.29 bits per heavy atom. The van der Waals surface area contributed by atoms with E-state index in [9.17, 15) is 17.6 Å². The van der Waals surface area contributed by atoms with Crippen molar-refractivity contribution in [2.75, 3.05) is 0 Å². The minimum absolute atomic E-state index is 0.0626. The van der Waals surface area contributed by atoms with Crippen molar-refractivity contribution in [2.24, 2.45) is 0 Å². The topological polar surface area (TPSA) is 76.1 Å². The molecular weight excluding hydrogens is 295 g/mol. The number of carbonyl (C=O) groups excluding carboxylic acids is 1. The molecule has 21 heavy (non-hydrogen) atoms. The zero-order valence-corrected chi connectivity index (χ0v) is 12.0. The van der Waals surface area contributed by atoms with Gasteiger partial charge in [-0.05, 0) is 37.3 Å². The summed E-state index contributed by atoms with van der Waals surface area (Å²) in [5.74, 6) is -1.25. The van der Waals surface area contributed by atoms with Crippen molar-refractivity contribution in [3.8, 4) is 0 Å². The van der Waals surface area contributed by atoms with Crippen molar-refractivity contribution < 1.29 is 17.6 Å². The van der Waals surface area contributed by atoms with Crippen LogP contribution in [0.5, 0.6) is 0 Å². The third kappa shape index (κ3) is 3.71. The molecular formula is C14H13FN2O3S. The van der Waals surface area contributed by atoms with Gasteiger partial charge in [0, 0.05) is 11.8 Å². The van der Waals surface area contributed by atoms with Crippen molar-refractivity contribution in [1.29, 1.82) is 0 Å². The highest BCUT2D eigenvalue weighted by Crippen LogP contribution is 2.17. The predicted molar refractivity (Wildman–Crippen MR) is 74.7 cm³/mol. The lowest BCUT2D eigenvalue weighted by Crippen LogP contribution is -2.25. The number of aromatic nitrogens is 1. The summed E-state index contributed by atoms with van der Waals surface area (Å²) < 4.78 is 40.2. The van der Waals surface area contributed by atoms with Gasteiger partial charge in [0.15, 0.2) is 5.78 Å². The lowest BCUT2D eigenvalue weighted by atomic mass is 10.1. The molecule has 0 radical (unpaired) electrons. The van der Waals surface area contributed by atoms with Gasteiger partial charge in [0.2, 0.25) is 10.0 Å². The van der Waals surface area contributed by atoms with Crippen LogP contribution in [0.1, 0.15) is 23.0 Å². The summed E-state index contributed by atoms with van der Waals surface area (Å²) >= 11 is 0. The van der Waals surface area contributed by atoms with E-state index in [1.54, 1.807) is 18.2 Å². The van der Waals surface area contributed by atoms with Gasteiger partial charge >= 0.3 is 0 Å². The summed E-state index contributed by atoms with van der Waals surface area (Å²) in [4.78, 5) is 14.7. The molecule has 0 aliphatic carbocycles. The van der Waals surface area contributed by atoms with E-state index in [1.807, 2.05) is 0 Å².